The van der Waals surface area contributed by atoms with Gasteiger partial charge in [-0.3, -0.25) is 19.3 Å². The van der Waals surface area contributed by atoms with E-state index in [-0.39, 0.29) is 29.7 Å². The summed E-state index contributed by atoms with van der Waals surface area (Å²) >= 11 is 0. The molecule has 0 radical (unpaired) electrons. The summed E-state index contributed by atoms with van der Waals surface area (Å²) in [5.41, 5.74) is 3.72. The average molecular weight is 549 g/mol. The molecule has 5 rings (SSSR count). The first-order valence-electron chi connectivity index (χ1n) is 12.5. The number of carbonyl (C=O) groups is 4. The van der Waals surface area contributed by atoms with Gasteiger partial charge in [-0.15, -0.1) is 0 Å². The minimum atomic E-state index is -2.69. The number of esters is 1. The molecule has 3 aliphatic rings. The van der Waals surface area contributed by atoms with Crippen molar-refractivity contribution in [2.45, 2.75) is 24.5 Å². The molecule has 1 saturated carbocycles. The van der Waals surface area contributed by atoms with Crippen LogP contribution in [0.25, 0.3) is 16.9 Å². The number of aromatic hydroxyl groups is 1. The van der Waals surface area contributed by atoms with Gasteiger partial charge in [-0.1, -0.05) is 18.2 Å². The Morgan fingerprint density at radius 2 is 1.70 bits per heavy atom. The second-order valence-electron chi connectivity index (χ2n) is 10.5. The number of ketones is 2. The predicted molar refractivity (Wildman–Crippen MR) is 141 cm³/mol. The largest absolute Gasteiger partial charge is 0.508 e. The maximum Gasteiger partial charge on any atom is 0.337 e. The molecule has 1 amide bonds. The van der Waals surface area contributed by atoms with E-state index in [0.29, 0.717) is 22.3 Å². The number of nitrogens with zero attached hydrogens (tertiary/aromatic N) is 1. The third kappa shape index (κ3) is 3.65. The van der Waals surface area contributed by atoms with Crippen LogP contribution in [0.2, 0.25) is 0 Å². The van der Waals surface area contributed by atoms with Gasteiger partial charge in [0.2, 0.25) is 5.78 Å². The van der Waals surface area contributed by atoms with E-state index in [2.05, 4.69) is 0 Å². The zero-order valence-corrected chi connectivity index (χ0v) is 22.0. The lowest BCUT2D eigenvalue weighted by atomic mass is 9.57. The van der Waals surface area contributed by atoms with E-state index in [4.69, 9.17) is 10.5 Å². The number of phenols is 1. The van der Waals surface area contributed by atoms with Crippen molar-refractivity contribution in [2.24, 2.45) is 17.6 Å². The topological polar surface area (TPSA) is 188 Å². The van der Waals surface area contributed by atoms with Gasteiger partial charge in [-0.25, -0.2) is 4.79 Å². The number of aliphatic hydroxyl groups is 3. The van der Waals surface area contributed by atoms with E-state index in [1.54, 1.807) is 44.4 Å². The van der Waals surface area contributed by atoms with E-state index >= 15 is 0 Å². The first-order chi connectivity index (χ1) is 18.8. The number of fused-ring (bicyclic) bond motifs is 3. The van der Waals surface area contributed by atoms with Crippen LogP contribution < -0.4 is 5.73 Å². The molecule has 0 heterocycles. The van der Waals surface area contributed by atoms with Gasteiger partial charge >= 0.3 is 5.97 Å². The smallest absolute Gasteiger partial charge is 0.337 e. The second kappa shape index (κ2) is 9.32. The predicted octanol–water partition coefficient (Wildman–Crippen LogP) is 1.42. The Kier molecular flexibility index (Phi) is 6.31. The van der Waals surface area contributed by atoms with Crippen molar-refractivity contribution in [1.82, 2.24) is 4.90 Å². The number of methoxy groups -OCH3 is 1. The molecule has 4 atom stereocenters. The van der Waals surface area contributed by atoms with Crippen LogP contribution in [0.3, 0.4) is 0 Å². The van der Waals surface area contributed by atoms with Gasteiger partial charge in [0.05, 0.1) is 24.3 Å². The van der Waals surface area contributed by atoms with Crippen LogP contribution in [0.1, 0.15) is 27.9 Å². The SMILES string of the molecule is COC(=O)c1ccc(-c2ccc(O)c3c2C[C@@H]2C[C@@H]4[C@@H](N(C)C)C(=O)C(C(N)=O)=C(O)[C@]4(O)C(=O)C2=C3O)cc1. The highest BCUT2D eigenvalue weighted by atomic mass is 16.5. The van der Waals surface area contributed by atoms with Crippen molar-refractivity contribution in [3.05, 3.63) is 70.0 Å². The number of likely N-dealkylation sites (N-methyl/N-ethyl adjacent to an activating group) is 1. The Morgan fingerprint density at radius 3 is 2.27 bits per heavy atom. The van der Waals surface area contributed by atoms with E-state index in [0.717, 1.165) is 0 Å². The highest BCUT2D eigenvalue weighted by molar-refractivity contribution is 6.24. The lowest BCUT2D eigenvalue weighted by Gasteiger charge is -2.50. The maximum atomic E-state index is 13.9. The average Bonchev–Trinajstić information content (AvgIpc) is 2.90. The summed E-state index contributed by atoms with van der Waals surface area (Å²) in [4.78, 5) is 52.5. The molecule has 208 valence electrons. The number of carbonyl (C=O) groups excluding carboxylic acids is 4. The molecule has 2 aromatic carbocycles. The van der Waals surface area contributed by atoms with Crippen molar-refractivity contribution in [1.29, 1.82) is 0 Å². The van der Waals surface area contributed by atoms with Gasteiger partial charge in [0, 0.05) is 11.5 Å². The quantitative estimate of drug-likeness (QED) is 0.276. The number of amides is 1. The molecular weight excluding hydrogens is 520 g/mol. The number of aliphatic hydroxyl groups excluding tert-OH is 2. The standard InChI is InChI=1S/C29H28N2O9/c1-31(2)22-17-11-14-10-16-15(12-4-6-13(7-5-12)28(38)40-3)8-9-18(32)20(16)23(33)19(14)25(35)29(17,39)26(36)21(24(22)34)27(30)37/h4-9,14,17,22,32-33,36,39H,10-11H2,1-3H3,(H2,30,37)/t14-,17-,22-,29-/m1/s1. The number of ether oxygens (including phenoxy) is 1. The molecule has 0 unspecified atom stereocenters. The van der Waals surface area contributed by atoms with Crippen molar-refractivity contribution in [3.63, 3.8) is 0 Å². The van der Waals surface area contributed by atoms with Crippen molar-refractivity contribution >= 4 is 29.2 Å². The van der Waals surface area contributed by atoms with Crippen molar-refractivity contribution < 1.29 is 44.3 Å². The Bertz CT molecular complexity index is 1550. The molecule has 1 fully saturated rings. The Hall–Kier alpha value is -4.48. The number of phenolic OH excluding ortho intramolecular Hbond substituents is 1. The van der Waals surface area contributed by atoms with E-state index in [1.165, 1.54) is 18.1 Å². The van der Waals surface area contributed by atoms with Gasteiger partial charge in [0.1, 0.15) is 22.8 Å². The van der Waals surface area contributed by atoms with Gasteiger partial charge in [-0.2, -0.15) is 0 Å². The third-order valence-corrected chi connectivity index (χ3v) is 8.22. The second-order valence-corrected chi connectivity index (χ2v) is 10.5. The number of Topliss-reactive ketones (excluding diaryl/α,β-unsaturated/α-hetero) is 2. The molecule has 0 saturated heterocycles. The molecule has 2 aromatic rings. The summed E-state index contributed by atoms with van der Waals surface area (Å²) in [5.74, 6) is -7.54. The fourth-order valence-corrected chi connectivity index (χ4v) is 6.42. The molecule has 0 bridgehead atoms. The van der Waals surface area contributed by atoms with Crippen LogP contribution in [0, 0.1) is 11.8 Å². The van der Waals surface area contributed by atoms with E-state index in [9.17, 15) is 39.6 Å². The van der Waals surface area contributed by atoms with Crippen LogP contribution in [0.5, 0.6) is 5.75 Å². The van der Waals surface area contributed by atoms with Gasteiger partial charge < -0.3 is 30.9 Å². The normalized spacial score (nSPS) is 25.9. The molecule has 0 aliphatic heterocycles. The zero-order chi connectivity index (χ0) is 29.3. The Morgan fingerprint density at radius 1 is 1.05 bits per heavy atom. The van der Waals surface area contributed by atoms with Crippen LogP contribution in [0.15, 0.2) is 53.3 Å². The number of hydrogen-bond acceptors (Lipinski definition) is 10. The summed E-state index contributed by atoms with van der Waals surface area (Å²) in [6.45, 7) is 0. The molecule has 6 N–H and O–H groups in total. The van der Waals surface area contributed by atoms with Gasteiger partial charge in [-0.05, 0) is 67.7 Å². The van der Waals surface area contributed by atoms with E-state index in [1.807, 2.05) is 0 Å². The molecule has 3 aliphatic carbocycles. The zero-order valence-electron chi connectivity index (χ0n) is 22.0. The van der Waals surface area contributed by atoms with Crippen molar-refractivity contribution in [2.75, 3.05) is 21.2 Å². The van der Waals surface area contributed by atoms with Crippen LogP contribution in [-0.4, -0.2) is 81.6 Å². The molecule has 11 heteroatoms. The fourth-order valence-electron chi connectivity index (χ4n) is 6.42. The summed E-state index contributed by atoms with van der Waals surface area (Å²) in [7, 11) is 4.36. The Balaban J connectivity index is 1.69. The summed E-state index contributed by atoms with van der Waals surface area (Å²) in [6, 6.07) is 8.39. The van der Waals surface area contributed by atoms with Crippen LogP contribution >= 0.6 is 0 Å². The van der Waals surface area contributed by atoms with E-state index < -0.39 is 64.0 Å². The van der Waals surface area contributed by atoms with Crippen LogP contribution in [-0.2, 0) is 25.5 Å². The third-order valence-electron chi connectivity index (χ3n) is 8.22. The first-order valence-corrected chi connectivity index (χ1v) is 12.5. The molecule has 0 aromatic heterocycles. The van der Waals surface area contributed by atoms with Gasteiger partial charge in [0.15, 0.2) is 11.4 Å². The summed E-state index contributed by atoms with van der Waals surface area (Å²) in [6.07, 6.45) is 0.138. The van der Waals surface area contributed by atoms with Crippen molar-refractivity contribution in [3.8, 4) is 16.9 Å². The highest BCUT2D eigenvalue weighted by Gasteiger charge is 2.64. The minimum Gasteiger partial charge on any atom is -0.508 e. The number of primary amides is 1. The summed E-state index contributed by atoms with van der Waals surface area (Å²) in [5, 5.41) is 44.7. The number of hydrogen-bond donors (Lipinski definition) is 5. The number of rotatable bonds is 4. The van der Waals surface area contributed by atoms with Gasteiger partial charge in [0.25, 0.3) is 5.91 Å². The first kappa shape index (κ1) is 27.1. The molecular formula is C29H28N2O9. The lowest BCUT2D eigenvalue weighted by Crippen LogP contribution is -2.65. The number of nitrogens with two attached hydrogens (primary N) is 1. The fraction of sp³-hybridized carbons (Fsp3) is 0.310. The maximum absolute atomic E-state index is 13.9. The molecule has 40 heavy (non-hydrogen) atoms. The lowest BCUT2D eigenvalue weighted by molar-refractivity contribution is -0.153. The Labute approximate surface area is 228 Å². The van der Waals surface area contributed by atoms with Crippen LogP contribution in [0.4, 0.5) is 0 Å². The molecule has 11 nitrogen and oxygen atoms in total. The number of benzene rings is 2. The summed E-state index contributed by atoms with van der Waals surface area (Å²) < 4.78 is 4.75. The monoisotopic (exact) mass is 548 g/mol. The minimum absolute atomic E-state index is 0.00849. The molecule has 0 spiro atoms. The highest BCUT2D eigenvalue weighted by Crippen LogP contribution is 2.53.